The minimum absolute atomic E-state index is 0.0470. The largest absolute Gasteiger partial charge is 0.349 e. The molecule has 4 heterocycles. The summed E-state index contributed by atoms with van der Waals surface area (Å²) in [7, 11) is 1.91. The number of nitrogens with zero attached hydrogens (tertiary/aromatic N) is 4. The molecule has 1 aliphatic rings. The van der Waals surface area contributed by atoms with Crippen molar-refractivity contribution in [3.63, 3.8) is 0 Å². The Morgan fingerprint density at radius 2 is 2.19 bits per heavy atom. The predicted octanol–water partition coefficient (Wildman–Crippen LogP) is 3.00. The molecule has 0 saturated carbocycles. The lowest BCUT2D eigenvalue weighted by Crippen LogP contribution is -2.44. The number of aromatic nitrogens is 3. The first kappa shape index (κ1) is 17.4. The second-order valence-electron chi connectivity index (χ2n) is 6.57. The van der Waals surface area contributed by atoms with Crippen molar-refractivity contribution >= 4 is 28.6 Å². The molecule has 0 spiro atoms. The summed E-state index contributed by atoms with van der Waals surface area (Å²) >= 11 is 3.25. The summed E-state index contributed by atoms with van der Waals surface area (Å²) in [6.45, 7) is 2.84. The minimum Gasteiger partial charge on any atom is -0.349 e. The summed E-state index contributed by atoms with van der Waals surface area (Å²) in [4.78, 5) is 19.3. The lowest BCUT2D eigenvalue weighted by atomic mass is 10.0. The summed E-state index contributed by atoms with van der Waals surface area (Å²) in [6.07, 6.45) is 5.80. The maximum absolute atomic E-state index is 12.2. The Morgan fingerprint density at radius 3 is 2.88 bits per heavy atom. The highest BCUT2D eigenvalue weighted by atomic mass is 32.1. The molecule has 1 amide bonds. The standard InChI is InChI=1S/C18H21N5OS2/c1-22-9-14(8-19-22)16-12-26-17(21-16)10-23-5-2-15(3-6-23)20-18(24)13-4-7-25-11-13/h4,7-9,11-12,15H,2-3,5-6,10H2,1H3,(H,20,24). The first-order valence-corrected chi connectivity index (χ1v) is 10.5. The molecule has 3 aromatic heterocycles. The molecule has 0 aromatic carbocycles. The van der Waals surface area contributed by atoms with Crippen molar-refractivity contribution in [1.29, 1.82) is 0 Å². The van der Waals surface area contributed by atoms with Gasteiger partial charge in [-0.15, -0.1) is 11.3 Å². The molecule has 26 heavy (non-hydrogen) atoms. The van der Waals surface area contributed by atoms with Crippen LogP contribution in [0.15, 0.2) is 34.6 Å². The van der Waals surface area contributed by atoms with Crippen LogP contribution < -0.4 is 5.32 Å². The van der Waals surface area contributed by atoms with E-state index in [0.717, 1.165) is 54.3 Å². The van der Waals surface area contributed by atoms with Crippen LogP contribution in [0.4, 0.5) is 0 Å². The van der Waals surface area contributed by atoms with Crippen LogP contribution in [-0.2, 0) is 13.6 Å². The maximum Gasteiger partial charge on any atom is 0.252 e. The molecular formula is C18H21N5OS2. The van der Waals surface area contributed by atoms with Gasteiger partial charge in [-0.1, -0.05) is 0 Å². The van der Waals surface area contributed by atoms with E-state index in [2.05, 4.69) is 20.7 Å². The molecule has 0 radical (unpaired) electrons. The third kappa shape index (κ3) is 4.03. The van der Waals surface area contributed by atoms with Crippen molar-refractivity contribution in [3.8, 4) is 11.3 Å². The van der Waals surface area contributed by atoms with E-state index >= 15 is 0 Å². The van der Waals surface area contributed by atoms with Crippen molar-refractivity contribution in [1.82, 2.24) is 25.0 Å². The Kier molecular flexibility index (Phi) is 5.14. The Balaban J connectivity index is 1.27. The van der Waals surface area contributed by atoms with Gasteiger partial charge in [0.25, 0.3) is 5.91 Å². The zero-order valence-electron chi connectivity index (χ0n) is 14.6. The lowest BCUT2D eigenvalue weighted by molar-refractivity contribution is 0.0909. The zero-order valence-corrected chi connectivity index (χ0v) is 16.2. The van der Waals surface area contributed by atoms with Crippen molar-refractivity contribution in [2.75, 3.05) is 13.1 Å². The fraction of sp³-hybridized carbons (Fsp3) is 0.389. The van der Waals surface area contributed by atoms with Crippen LogP contribution in [0.3, 0.4) is 0 Å². The number of piperidine rings is 1. The molecule has 136 valence electrons. The molecule has 0 bridgehead atoms. The van der Waals surface area contributed by atoms with E-state index in [1.165, 1.54) is 0 Å². The molecule has 0 atom stereocenters. The normalized spacial score (nSPS) is 16.0. The smallest absolute Gasteiger partial charge is 0.252 e. The van der Waals surface area contributed by atoms with E-state index in [4.69, 9.17) is 4.98 Å². The van der Waals surface area contributed by atoms with Crippen LogP contribution in [-0.4, -0.2) is 44.7 Å². The molecule has 8 heteroatoms. The first-order valence-electron chi connectivity index (χ1n) is 8.66. The van der Waals surface area contributed by atoms with Gasteiger partial charge in [-0.05, 0) is 24.3 Å². The fourth-order valence-electron chi connectivity index (χ4n) is 3.16. The molecule has 0 unspecified atom stereocenters. The Morgan fingerprint density at radius 1 is 1.35 bits per heavy atom. The Hall–Kier alpha value is -2.03. The summed E-state index contributed by atoms with van der Waals surface area (Å²) < 4.78 is 1.80. The van der Waals surface area contributed by atoms with E-state index in [1.807, 2.05) is 36.3 Å². The molecule has 1 aliphatic heterocycles. The average Bonchev–Trinajstić information content (AvgIpc) is 3.38. The van der Waals surface area contributed by atoms with Crippen LogP contribution in [0.1, 0.15) is 28.2 Å². The predicted molar refractivity (Wildman–Crippen MR) is 104 cm³/mol. The summed E-state index contributed by atoms with van der Waals surface area (Å²) in [6, 6.07) is 2.14. The van der Waals surface area contributed by atoms with Crippen LogP contribution in [0, 0.1) is 0 Å². The van der Waals surface area contributed by atoms with E-state index in [0.29, 0.717) is 0 Å². The van der Waals surface area contributed by atoms with Crippen molar-refractivity contribution in [2.45, 2.75) is 25.4 Å². The van der Waals surface area contributed by atoms with Gasteiger partial charge >= 0.3 is 0 Å². The van der Waals surface area contributed by atoms with Crippen molar-refractivity contribution in [2.24, 2.45) is 7.05 Å². The molecular weight excluding hydrogens is 366 g/mol. The number of hydrogen-bond acceptors (Lipinski definition) is 6. The zero-order chi connectivity index (χ0) is 17.9. The Labute approximate surface area is 160 Å². The number of hydrogen-bond donors (Lipinski definition) is 1. The monoisotopic (exact) mass is 387 g/mol. The number of thiazole rings is 1. The number of likely N-dealkylation sites (tertiary alicyclic amines) is 1. The summed E-state index contributed by atoms with van der Waals surface area (Å²) in [5.41, 5.74) is 2.82. The number of amides is 1. The minimum atomic E-state index is 0.0470. The molecule has 1 N–H and O–H groups in total. The number of thiophene rings is 1. The molecule has 6 nitrogen and oxygen atoms in total. The number of carbonyl (C=O) groups is 1. The molecule has 1 fully saturated rings. The highest BCUT2D eigenvalue weighted by Gasteiger charge is 2.22. The van der Waals surface area contributed by atoms with Crippen molar-refractivity contribution < 1.29 is 4.79 Å². The second-order valence-corrected chi connectivity index (χ2v) is 8.29. The number of carbonyl (C=O) groups excluding carboxylic acids is 1. The summed E-state index contributed by atoms with van der Waals surface area (Å²) in [5, 5.41) is 14.4. The average molecular weight is 388 g/mol. The third-order valence-corrected chi connectivity index (χ3v) is 6.13. The highest BCUT2D eigenvalue weighted by Crippen LogP contribution is 2.23. The van der Waals surface area contributed by atoms with Gasteiger partial charge in [0.05, 0.1) is 18.4 Å². The SMILES string of the molecule is Cn1cc(-c2csc(CN3CCC(NC(=O)c4ccsc4)CC3)n2)cn1. The van der Waals surface area contributed by atoms with E-state index in [9.17, 15) is 4.79 Å². The van der Waals surface area contributed by atoms with Gasteiger partial charge < -0.3 is 5.32 Å². The van der Waals surface area contributed by atoms with Crippen molar-refractivity contribution in [3.05, 3.63) is 45.2 Å². The molecule has 0 aliphatic carbocycles. The molecule has 4 rings (SSSR count). The van der Waals surface area contributed by atoms with Crippen LogP contribution >= 0.6 is 22.7 Å². The number of rotatable bonds is 5. The molecule has 3 aromatic rings. The quantitative estimate of drug-likeness (QED) is 0.731. The number of nitrogens with one attached hydrogen (secondary N) is 1. The maximum atomic E-state index is 12.2. The third-order valence-electron chi connectivity index (χ3n) is 4.62. The van der Waals surface area contributed by atoms with Gasteiger partial charge in [-0.3, -0.25) is 14.4 Å². The van der Waals surface area contributed by atoms with E-state index < -0.39 is 0 Å². The van der Waals surface area contributed by atoms with Gasteiger partial charge in [0, 0.05) is 54.3 Å². The second kappa shape index (κ2) is 7.69. The van der Waals surface area contributed by atoms with Gasteiger partial charge in [0.1, 0.15) is 5.01 Å². The summed E-state index contributed by atoms with van der Waals surface area (Å²) in [5.74, 6) is 0.0470. The van der Waals surface area contributed by atoms with E-state index in [1.54, 1.807) is 27.4 Å². The van der Waals surface area contributed by atoms with Crippen LogP contribution in [0.2, 0.25) is 0 Å². The molecule has 1 saturated heterocycles. The van der Waals surface area contributed by atoms with Crippen LogP contribution in [0.5, 0.6) is 0 Å². The van der Waals surface area contributed by atoms with Crippen LogP contribution in [0.25, 0.3) is 11.3 Å². The van der Waals surface area contributed by atoms with E-state index in [-0.39, 0.29) is 11.9 Å². The highest BCUT2D eigenvalue weighted by molar-refractivity contribution is 7.10. The van der Waals surface area contributed by atoms with Gasteiger partial charge in [-0.2, -0.15) is 16.4 Å². The van der Waals surface area contributed by atoms with Gasteiger partial charge in [0.15, 0.2) is 0 Å². The first-order chi connectivity index (χ1) is 12.7. The van der Waals surface area contributed by atoms with Gasteiger partial charge in [0.2, 0.25) is 0 Å². The fourth-order valence-corrected chi connectivity index (χ4v) is 4.64. The Bertz CT molecular complexity index is 862. The topological polar surface area (TPSA) is 63.0 Å². The lowest BCUT2D eigenvalue weighted by Gasteiger charge is -2.31. The van der Waals surface area contributed by atoms with Gasteiger partial charge in [-0.25, -0.2) is 4.98 Å². The number of aryl methyl sites for hydroxylation is 1.